The van der Waals surface area contributed by atoms with Crippen LogP contribution in [0.1, 0.15) is 0 Å². The summed E-state index contributed by atoms with van der Waals surface area (Å²) in [6, 6.07) is 46.9. The summed E-state index contributed by atoms with van der Waals surface area (Å²) in [4.78, 5) is 7.04. The van der Waals surface area contributed by atoms with E-state index in [0.29, 0.717) is 0 Å². The van der Waals surface area contributed by atoms with Crippen molar-refractivity contribution in [1.29, 1.82) is 0 Å². The molecule has 4 heterocycles. The van der Waals surface area contributed by atoms with Gasteiger partial charge >= 0.3 is 0 Å². The van der Waals surface area contributed by atoms with Gasteiger partial charge in [-0.3, -0.25) is 8.97 Å². The smallest absolute Gasteiger partial charge is 0.169 e. The number of fused-ring (bicyclic) bond motifs is 9. The number of para-hydroxylation sites is 3. The summed E-state index contributed by atoms with van der Waals surface area (Å²) in [5.74, 6) is 0.892. The van der Waals surface area contributed by atoms with Gasteiger partial charge in [-0.2, -0.15) is 0 Å². The fourth-order valence-corrected chi connectivity index (χ4v) is 6.45. The summed E-state index contributed by atoms with van der Waals surface area (Å²) in [5.41, 5.74) is 7.33. The number of benzene rings is 5. The van der Waals surface area contributed by atoms with Gasteiger partial charge in [0, 0.05) is 44.8 Å². The van der Waals surface area contributed by atoms with Crippen LogP contribution in [0.25, 0.3) is 54.9 Å². The number of rotatable bonds is 4. The van der Waals surface area contributed by atoms with Gasteiger partial charge in [0.1, 0.15) is 12.1 Å². The third-order valence-electron chi connectivity index (χ3n) is 8.31. The Bertz CT molecular complexity index is 2460. The second-order valence-corrected chi connectivity index (χ2v) is 10.7. The van der Waals surface area contributed by atoms with Crippen LogP contribution in [0.5, 0.6) is 0 Å². The van der Waals surface area contributed by atoms with Crippen LogP contribution in [0, 0.1) is 0 Å². The van der Waals surface area contributed by atoms with E-state index < -0.39 is 0 Å². The molecule has 0 saturated carbocycles. The first-order valence-corrected chi connectivity index (χ1v) is 14.3. The minimum atomic E-state index is 0.842. The molecule has 0 spiro atoms. The zero-order valence-electron chi connectivity index (χ0n) is 23.0. The van der Waals surface area contributed by atoms with Gasteiger partial charge in [-0.15, -0.1) is 10.2 Å². The maximum atomic E-state index is 4.73. The van der Waals surface area contributed by atoms with Crippen LogP contribution in [-0.2, 0) is 0 Å². The molecule has 9 aromatic rings. The highest BCUT2D eigenvalue weighted by molar-refractivity contribution is 6.13. The largest absolute Gasteiger partial charge is 0.310 e. The molecule has 0 N–H and O–H groups in total. The van der Waals surface area contributed by atoms with Crippen molar-refractivity contribution in [2.24, 2.45) is 0 Å². The van der Waals surface area contributed by atoms with E-state index in [1.165, 1.54) is 16.2 Å². The molecule has 43 heavy (non-hydrogen) atoms. The Morgan fingerprint density at radius 3 is 1.98 bits per heavy atom. The molecule has 0 saturated heterocycles. The van der Waals surface area contributed by atoms with Crippen LogP contribution in [0.2, 0.25) is 0 Å². The first kappa shape index (κ1) is 23.7. The Morgan fingerprint density at radius 1 is 0.488 bits per heavy atom. The number of aromatic nitrogens is 5. The van der Waals surface area contributed by atoms with E-state index in [1.807, 2.05) is 18.3 Å². The molecule has 0 bridgehead atoms. The lowest BCUT2D eigenvalue weighted by Crippen LogP contribution is -2.10. The first-order chi connectivity index (χ1) is 21.3. The molecule has 0 aliphatic carbocycles. The fourth-order valence-electron chi connectivity index (χ4n) is 6.45. The number of hydrogen-bond acceptors (Lipinski definition) is 4. The average Bonchev–Trinajstić information content (AvgIpc) is 3.70. The molecule has 0 aliphatic rings. The average molecular weight is 553 g/mol. The van der Waals surface area contributed by atoms with Crippen LogP contribution in [0.15, 0.2) is 146 Å². The molecule has 0 fully saturated rings. The van der Waals surface area contributed by atoms with E-state index >= 15 is 0 Å². The lowest BCUT2D eigenvalue weighted by Gasteiger charge is -2.26. The van der Waals surface area contributed by atoms with Crippen LogP contribution in [0.3, 0.4) is 0 Å². The second-order valence-electron chi connectivity index (χ2n) is 10.7. The lowest BCUT2D eigenvalue weighted by atomic mass is 10.0. The van der Waals surface area contributed by atoms with Crippen molar-refractivity contribution in [2.75, 3.05) is 4.90 Å². The fraction of sp³-hybridized carbons (Fsp3) is 0. The number of hydrogen-bond donors (Lipinski definition) is 0. The van der Waals surface area contributed by atoms with Crippen LogP contribution in [0.4, 0.5) is 17.1 Å². The maximum absolute atomic E-state index is 4.73. The van der Waals surface area contributed by atoms with Gasteiger partial charge in [0.25, 0.3) is 0 Å². The van der Waals surface area contributed by atoms with E-state index in [9.17, 15) is 0 Å². The van der Waals surface area contributed by atoms with Gasteiger partial charge < -0.3 is 4.90 Å². The van der Waals surface area contributed by atoms with Crippen LogP contribution < -0.4 is 4.90 Å². The molecule has 5 aromatic carbocycles. The monoisotopic (exact) mass is 552 g/mol. The second kappa shape index (κ2) is 9.26. The first-order valence-electron chi connectivity index (χ1n) is 14.3. The summed E-state index contributed by atoms with van der Waals surface area (Å²) >= 11 is 0. The van der Waals surface area contributed by atoms with Crippen molar-refractivity contribution >= 4 is 66.2 Å². The third-order valence-corrected chi connectivity index (χ3v) is 8.31. The Hall–Kier alpha value is -6.01. The van der Waals surface area contributed by atoms with Crippen molar-refractivity contribution in [2.45, 2.75) is 0 Å². The standard InChI is InChI=1S/C37H24N6/c1-2-10-25(11-3-1)42(26-17-19-28-29-12-4-6-14-33(29)41-24-39-40-37(41)32(28)22-26)27-18-20-31-30-13-5-7-15-34(30)43(35(31)23-27)36-16-8-9-21-38-36/h1-24H. The third kappa shape index (κ3) is 3.57. The summed E-state index contributed by atoms with van der Waals surface area (Å²) in [7, 11) is 0. The summed E-state index contributed by atoms with van der Waals surface area (Å²) in [6.45, 7) is 0. The normalized spacial score (nSPS) is 11.7. The van der Waals surface area contributed by atoms with E-state index in [4.69, 9.17) is 4.98 Å². The number of anilines is 3. The van der Waals surface area contributed by atoms with Gasteiger partial charge in [-0.1, -0.05) is 72.8 Å². The molecule has 9 rings (SSSR count). The highest BCUT2D eigenvalue weighted by Crippen LogP contribution is 2.41. The summed E-state index contributed by atoms with van der Waals surface area (Å²) in [6.07, 6.45) is 3.64. The highest BCUT2D eigenvalue weighted by Gasteiger charge is 2.19. The van der Waals surface area contributed by atoms with Gasteiger partial charge in [0.2, 0.25) is 0 Å². The molecule has 202 valence electrons. The molecule has 4 aromatic heterocycles. The lowest BCUT2D eigenvalue weighted by molar-refractivity contribution is 1.08. The van der Waals surface area contributed by atoms with Gasteiger partial charge in [0.15, 0.2) is 5.65 Å². The Balaban J connectivity index is 1.32. The number of nitrogens with zero attached hydrogens (tertiary/aromatic N) is 6. The molecular formula is C37H24N6. The van der Waals surface area contributed by atoms with Crippen molar-refractivity contribution in [1.82, 2.24) is 24.1 Å². The molecule has 6 nitrogen and oxygen atoms in total. The van der Waals surface area contributed by atoms with E-state index in [1.54, 1.807) is 6.33 Å². The SMILES string of the molecule is c1ccc(N(c2ccc3c4ccccc4n4cnnc4c3c2)c2ccc3c4ccccc4n(-c4ccccn4)c3c2)cc1. The Labute approximate surface area is 246 Å². The van der Waals surface area contributed by atoms with E-state index in [-0.39, 0.29) is 0 Å². The van der Waals surface area contributed by atoms with E-state index in [0.717, 1.165) is 55.8 Å². The minimum absolute atomic E-state index is 0.842. The van der Waals surface area contributed by atoms with Gasteiger partial charge in [0.05, 0.1) is 16.6 Å². The predicted molar refractivity (Wildman–Crippen MR) is 175 cm³/mol. The summed E-state index contributed by atoms with van der Waals surface area (Å²) < 4.78 is 4.33. The van der Waals surface area contributed by atoms with Gasteiger partial charge in [-0.05, 0) is 66.0 Å². The summed E-state index contributed by atoms with van der Waals surface area (Å²) in [5, 5.41) is 14.6. The minimum Gasteiger partial charge on any atom is -0.310 e. The molecule has 0 aliphatic heterocycles. The molecule has 0 radical (unpaired) electrons. The van der Waals surface area contributed by atoms with Crippen LogP contribution >= 0.6 is 0 Å². The predicted octanol–water partition coefficient (Wildman–Crippen LogP) is 9.00. The Kier molecular flexibility index (Phi) is 5.10. The van der Waals surface area contributed by atoms with Crippen molar-refractivity contribution in [3.63, 3.8) is 0 Å². The molecule has 6 heteroatoms. The zero-order chi connectivity index (χ0) is 28.3. The maximum Gasteiger partial charge on any atom is 0.169 e. The highest BCUT2D eigenvalue weighted by atomic mass is 15.2. The number of pyridine rings is 2. The van der Waals surface area contributed by atoms with Gasteiger partial charge in [-0.25, -0.2) is 4.98 Å². The van der Waals surface area contributed by atoms with Crippen molar-refractivity contribution < 1.29 is 0 Å². The molecular weight excluding hydrogens is 528 g/mol. The van der Waals surface area contributed by atoms with Crippen molar-refractivity contribution in [3.05, 3.63) is 146 Å². The quantitative estimate of drug-likeness (QED) is 0.205. The van der Waals surface area contributed by atoms with E-state index in [2.05, 4.69) is 145 Å². The topological polar surface area (TPSA) is 51.2 Å². The molecule has 0 unspecified atom stereocenters. The molecule has 0 amide bonds. The van der Waals surface area contributed by atoms with Crippen LogP contribution in [-0.4, -0.2) is 24.1 Å². The van der Waals surface area contributed by atoms with Crippen molar-refractivity contribution in [3.8, 4) is 5.82 Å². The molecule has 0 atom stereocenters. The Morgan fingerprint density at radius 2 is 1.16 bits per heavy atom. The zero-order valence-corrected chi connectivity index (χ0v) is 23.0.